The molecule has 0 radical (unpaired) electrons. The minimum atomic E-state index is 0.592. The molecule has 8 aromatic carbocycles. The standard InChI is InChI=1S/C54H35N5/c1-4-15-36(16-5-1)38-27-31-40(32-28-38)52-56-53(41-33-29-39(30-34-41)37-17-6-2-7-18-37)58-54(57-52)43-20-14-19-42(35-43)50-49-46-24-11-13-26-48(46)59(44-21-8-3-9-22-44)51(49)45-23-10-12-25-47(45)55-50/h1-35H. The zero-order valence-electron chi connectivity index (χ0n) is 31.9. The molecule has 0 N–H and O–H groups in total. The molecule has 0 fully saturated rings. The molecule has 0 saturated heterocycles. The van der Waals surface area contributed by atoms with Crippen molar-refractivity contribution in [2.45, 2.75) is 0 Å². The van der Waals surface area contributed by atoms with Crippen LogP contribution in [0.5, 0.6) is 0 Å². The molecule has 5 heteroatoms. The Kier molecular flexibility index (Phi) is 8.41. The normalized spacial score (nSPS) is 11.4. The number of aromatic nitrogens is 5. The number of para-hydroxylation sites is 3. The number of hydrogen-bond donors (Lipinski definition) is 0. The van der Waals surface area contributed by atoms with Gasteiger partial charge >= 0.3 is 0 Å². The molecule has 0 aliphatic rings. The third-order valence-corrected chi connectivity index (χ3v) is 11.0. The molecule has 0 spiro atoms. The van der Waals surface area contributed by atoms with Crippen LogP contribution in [0.15, 0.2) is 212 Å². The molecule has 0 amide bonds. The van der Waals surface area contributed by atoms with E-state index in [1.165, 1.54) is 0 Å². The largest absolute Gasteiger partial charge is 0.308 e. The van der Waals surface area contributed by atoms with Crippen molar-refractivity contribution in [3.05, 3.63) is 212 Å². The molecule has 59 heavy (non-hydrogen) atoms. The average molecular weight is 754 g/mol. The monoisotopic (exact) mass is 753 g/mol. The summed E-state index contributed by atoms with van der Waals surface area (Å²) >= 11 is 0. The van der Waals surface area contributed by atoms with Crippen LogP contribution < -0.4 is 0 Å². The highest BCUT2D eigenvalue weighted by Gasteiger charge is 2.21. The first kappa shape index (κ1) is 34.2. The van der Waals surface area contributed by atoms with Crippen molar-refractivity contribution < 1.29 is 0 Å². The third kappa shape index (κ3) is 6.22. The van der Waals surface area contributed by atoms with E-state index in [1.807, 2.05) is 12.1 Å². The quantitative estimate of drug-likeness (QED) is 0.163. The minimum Gasteiger partial charge on any atom is -0.308 e. The Hall–Kier alpha value is -8.02. The van der Waals surface area contributed by atoms with E-state index in [-0.39, 0.29) is 0 Å². The van der Waals surface area contributed by atoms with E-state index in [0.717, 1.165) is 88.6 Å². The maximum atomic E-state index is 5.40. The van der Waals surface area contributed by atoms with Crippen molar-refractivity contribution >= 4 is 32.7 Å². The molecule has 276 valence electrons. The van der Waals surface area contributed by atoms with Crippen LogP contribution in [-0.2, 0) is 0 Å². The second-order valence-electron chi connectivity index (χ2n) is 14.7. The van der Waals surface area contributed by atoms with Crippen LogP contribution in [0.1, 0.15) is 0 Å². The molecule has 0 aliphatic heterocycles. The Bertz CT molecular complexity index is 3180. The van der Waals surface area contributed by atoms with Gasteiger partial charge < -0.3 is 4.57 Å². The Labute approximate surface area is 341 Å². The van der Waals surface area contributed by atoms with Crippen LogP contribution in [0.25, 0.3) is 106 Å². The summed E-state index contributed by atoms with van der Waals surface area (Å²) in [5.74, 6) is 1.81. The molecule has 0 atom stereocenters. The Balaban J connectivity index is 1.09. The first-order chi connectivity index (χ1) is 29.2. The number of hydrogen-bond acceptors (Lipinski definition) is 4. The molecule has 3 aromatic heterocycles. The second-order valence-corrected chi connectivity index (χ2v) is 14.7. The molecule has 5 nitrogen and oxygen atoms in total. The van der Waals surface area contributed by atoms with Gasteiger partial charge in [-0.2, -0.15) is 0 Å². The van der Waals surface area contributed by atoms with Crippen LogP contribution in [0.2, 0.25) is 0 Å². The van der Waals surface area contributed by atoms with Gasteiger partial charge in [0, 0.05) is 44.1 Å². The number of rotatable bonds is 7. The van der Waals surface area contributed by atoms with E-state index in [1.54, 1.807) is 0 Å². The summed E-state index contributed by atoms with van der Waals surface area (Å²) in [6, 6.07) is 73.8. The van der Waals surface area contributed by atoms with Crippen LogP contribution in [0, 0.1) is 0 Å². The fourth-order valence-electron chi connectivity index (χ4n) is 8.19. The third-order valence-electron chi connectivity index (χ3n) is 11.0. The van der Waals surface area contributed by atoms with Crippen LogP contribution in [-0.4, -0.2) is 24.5 Å². The van der Waals surface area contributed by atoms with Crippen molar-refractivity contribution in [3.63, 3.8) is 0 Å². The number of benzene rings is 8. The highest BCUT2D eigenvalue weighted by Crippen LogP contribution is 2.42. The first-order valence-electron chi connectivity index (χ1n) is 19.8. The zero-order valence-corrected chi connectivity index (χ0v) is 31.9. The fraction of sp³-hybridized carbons (Fsp3) is 0. The van der Waals surface area contributed by atoms with Crippen LogP contribution in [0.3, 0.4) is 0 Å². The van der Waals surface area contributed by atoms with Crippen LogP contribution >= 0.6 is 0 Å². The Morgan fingerprint density at radius 2 is 0.746 bits per heavy atom. The topological polar surface area (TPSA) is 56.5 Å². The molecule has 0 saturated carbocycles. The zero-order chi connectivity index (χ0) is 39.1. The van der Waals surface area contributed by atoms with Gasteiger partial charge in [-0.25, -0.2) is 19.9 Å². The van der Waals surface area contributed by atoms with Crippen molar-refractivity contribution in [2.75, 3.05) is 0 Å². The molecule has 0 bridgehead atoms. The predicted octanol–water partition coefficient (Wildman–Crippen LogP) is 13.5. The maximum Gasteiger partial charge on any atom is 0.164 e. The summed E-state index contributed by atoms with van der Waals surface area (Å²) in [6.45, 7) is 0. The SMILES string of the molecule is c1ccc(-c2ccc(-c3nc(-c4ccc(-c5ccccc5)cc4)nc(-c4cccc(-c5nc6ccccc6c6c5c5ccccc5n6-c5ccccc5)c4)n3)cc2)cc1. The van der Waals surface area contributed by atoms with Crippen molar-refractivity contribution in [3.8, 4) is 73.4 Å². The van der Waals surface area contributed by atoms with Gasteiger partial charge in [0.05, 0.1) is 22.2 Å². The van der Waals surface area contributed by atoms with Gasteiger partial charge in [0.2, 0.25) is 0 Å². The second kappa shape index (κ2) is 14.5. The van der Waals surface area contributed by atoms with E-state index in [0.29, 0.717) is 17.5 Å². The summed E-state index contributed by atoms with van der Waals surface area (Å²) < 4.78 is 2.37. The number of pyridine rings is 1. The average Bonchev–Trinajstić information content (AvgIpc) is 3.68. The summed E-state index contributed by atoms with van der Waals surface area (Å²) in [6.07, 6.45) is 0. The van der Waals surface area contributed by atoms with E-state index in [4.69, 9.17) is 19.9 Å². The van der Waals surface area contributed by atoms with Gasteiger partial charge in [0.15, 0.2) is 17.5 Å². The summed E-state index contributed by atoms with van der Waals surface area (Å²) in [7, 11) is 0. The van der Waals surface area contributed by atoms with E-state index in [9.17, 15) is 0 Å². The van der Waals surface area contributed by atoms with Gasteiger partial charge in [-0.15, -0.1) is 0 Å². The Morgan fingerprint density at radius 1 is 0.305 bits per heavy atom. The predicted molar refractivity (Wildman–Crippen MR) is 242 cm³/mol. The molecular weight excluding hydrogens is 719 g/mol. The van der Waals surface area contributed by atoms with Gasteiger partial charge in [0.1, 0.15) is 0 Å². The summed E-state index contributed by atoms with van der Waals surface area (Å²) in [4.78, 5) is 20.8. The first-order valence-corrected chi connectivity index (χ1v) is 19.8. The van der Waals surface area contributed by atoms with Crippen molar-refractivity contribution in [2.24, 2.45) is 0 Å². The van der Waals surface area contributed by atoms with Crippen LogP contribution in [0.4, 0.5) is 0 Å². The molecule has 11 aromatic rings. The molecule has 3 heterocycles. The van der Waals surface area contributed by atoms with Gasteiger partial charge in [0.25, 0.3) is 0 Å². The fourth-order valence-corrected chi connectivity index (χ4v) is 8.19. The number of nitrogens with zero attached hydrogens (tertiary/aromatic N) is 5. The molecule has 0 aliphatic carbocycles. The lowest BCUT2D eigenvalue weighted by atomic mass is 10.0. The summed E-state index contributed by atoms with van der Waals surface area (Å²) in [5.41, 5.74) is 13.5. The van der Waals surface area contributed by atoms with Gasteiger partial charge in [-0.1, -0.05) is 182 Å². The number of fused-ring (bicyclic) bond motifs is 5. The van der Waals surface area contributed by atoms with Crippen molar-refractivity contribution in [1.29, 1.82) is 0 Å². The van der Waals surface area contributed by atoms with E-state index < -0.39 is 0 Å². The minimum absolute atomic E-state index is 0.592. The smallest absolute Gasteiger partial charge is 0.164 e. The highest BCUT2D eigenvalue weighted by atomic mass is 15.0. The molecule has 0 unspecified atom stereocenters. The van der Waals surface area contributed by atoms with E-state index in [2.05, 4.69) is 205 Å². The summed E-state index contributed by atoms with van der Waals surface area (Å²) in [5, 5.41) is 3.35. The lowest BCUT2D eigenvalue weighted by Gasteiger charge is -2.13. The lowest BCUT2D eigenvalue weighted by Crippen LogP contribution is -2.00. The van der Waals surface area contributed by atoms with E-state index >= 15 is 0 Å². The van der Waals surface area contributed by atoms with Gasteiger partial charge in [-0.3, -0.25) is 0 Å². The molecular formula is C54H35N5. The molecule has 11 rings (SSSR count). The maximum absolute atomic E-state index is 5.40. The highest BCUT2D eigenvalue weighted by molar-refractivity contribution is 6.22. The lowest BCUT2D eigenvalue weighted by molar-refractivity contribution is 1.07. The Morgan fingerprint density at radius 3 is 1.36 bits per heavy atom. The van der Waals surface area contributed by atoms with Gasteiger partial charge in [-0.05, 0) is 52.6 Å². The van der Waals surface area contributed by atoms with Crippen molar-refractivity contribution in [1.82, 2.24) is 24.5 Å².